The molecular weight excluding hydrogens is 200 g/mol. The lowest BCUT2D eigenvalue weighted by molar-refractivity contribution is -0.0896. The molecule has 0 amide bonds. The second kappa shape index (κ2) is 6.24. The third-order valence-electron chi connectivity index (χ3n) is 3.41. The molecule has 0 bridgehead atoms. The van der Waals surface area contributed by atoms with Crippen LogP contribution in [-0.2, 0) is 9.47 Å². The van der Waals surface area contributed by atoms with Gasteiger partial charge >= 0.3 is 0 Å². The van der Waals surface area contributed by atoms with Gasteiger partial charge in [0, 0.05) is 5.92 Å². The van der Waals surface area contributed by atoms with Crippen molar-refractivity contribution >= 4 is 0 Å². The lowest BCUT2D eigenvalue weighted by atomic mass is 9.85. The van der Waals surface area contributed by atoms with Crippen LogP contribution in [-0.4, -0.2) is 19.5 Å². The maximum absolute atomic E-state index is 5.57. The van der Waals surface area contributed by atoms with Crippen molar-refractivity contribution in [1.29, 1.82) is 0 Å². The lowest BCUT2D eigenvalue weighted by Crippen LogP contribution is -2.24. The number of unbranched alkanes of at least 4 members (excludes halogenated alkanes) is 1. The van der Waals surface area contributed by atoms with Gasteiger partial charge in [0.2, 0.25) is 0 Å². The molecule has 2 fully saturated rings. The van der Waals surface area contributed by atoms with Gasteiger partial charge in [-0.05, 0) is 43.8 Å². The van der Waals surface area contributed by atoms with Crippen LogP contribution in [0, 0.1) is 5.92 Å². The number of ether oxygens (including phenoxy) is 2. The quantitative estimate of drug-likeness (QED) is 0.681. The number of allylic oxidation sites excluding steroid dienone is 1. The van der Waals surface area contributed by atoms with Crippen LogP contribution in [0.4, 0.5) is 0 Å². The van der Waals surface area contributed by atoms with Gasteiger partial charge in [-0.1, -0.05) is 13.3 Å². The Kier molecular flexibility index (Phi) is 4.65. The van der Waals surface area contributed by atoms with E-state index < -0.39 is 0 Å². The summed E-state index contributed by atoms with van der Waals surface area (Å²) in [6.07, 6.45) is 9.40. The van der Waals surface area contributed by atoms with E-state index in [4.69, 9.17) is 9.47 Å². The fourth-order valence-electron chi connectivity index (χ4n) is 2.41. The molecule has 16 heavy (non-hydrogen) atoms. The molecule has 0 aromatic rings. The van der Waals surface area contributed by atoms with E-state index in [-0.39, 0.29) is 6.29 Å². The Hall–Kier alpha value is -0.560. The molecule has 0 radical (unpaired) electrons. The molecule has 2 heteroatoms. The third kappa shape index (κ3) is 3.21. The Morgan fingerprint density at radius 1 is 1.25 bits per heavy atom. The zero-order chi connectivity index (χ0) is 11.2. The van der Waals surface area contributed by atoms with Gasteiger partial charge in [0.25, 0.3) is 0 Å². The van der Waals surface area contributed by atoms with Crippen molar-refractivity contribution < 1.29 is 9.47 Å². The molecule has 1 aliphatic carbocycles. The van der Waals surface area contributed by atoms with Crippen molar-refractivity contribution in [3.8, 4) is 0 Å². The van der Waals surface area contributed by atoms with E-state index in [9.17, 15) is 0 Å². The molecule has 1 saturated carbocycles. The van der Waals surface area contributed by atoms with Crippen LogP contribution in [0.3, 0.4) is 0 Å². The molecule has 0 aromatic carbocycles. The summed E-state index contributed by atoms with van der Waals surface area (Å²) in [5, 5.41) is 0. The van der Waals surface area contributed by atoms with Crippen LogP contribution < -0.4 is 0 Å². The molecule has 0 N–H and O–H groups in total. The van der Waals surface area contributed by atoms with Gasteiger partial charge in [0.05, 0.1) is 13.2 Å². The van der Waals surface area contributed by atoms with Crippen LogP contribution in [0.15, 0.2) is 17.4 Å². The first-order valence-electron chi connectivity index (χ1n) is 6.56. The van der Waals surface area contributed by atoms with Crippen molar-refractivity contribution in [2.45, 2.75) is 51.7 Å². The zero-order valence-corrected chi connectivity index (χ0v) is 10.2. The summed E-state index contributed by atoms with van der Waals surface area (Å²) in [5.41, 5.74) is 4.93. The van der Waals surface area contributed by atoms with Gasteiger partial charge in [0.1, 0.15) is 0 Å². The van der Waals surface area contributed by atoms with E-state index >= 15 is 0 Å². The second-order valence-corrected chi connectivity index (χ2v) is 4.69. The van der Waals surface area contributed by atoms with Crippen molar-refractivity contribution in [3.63, 3.8) is 0 Å². The maximum atomic E-state index is 5.57. The predicted octanol–water partition coefficient (Wildman–Crippen LogP) is 3.43. The number of rotatable bonds is 3. The Labute approximate surface area is 98.3 Å². The lowest BCUT2D eigenvalue weighted by Gasteiger charge is -2.26. The summed E-state index contributed by atoms with van der Waals surface area (Å²) < 4.78 is 11.1. The van der Waals surface area contributed by atoms with E-state index in [1.807, 2.05) is 0 Å². The summed E-state index contributed by atoms with van der Waals surface area (Å²) in [4.78, 5) is 0. The first-order valence-corrected chi connectivity index (χ1v) is 6.56. The highest BCUT2D eigenvalue weighted by molar-refractivity contribution is 5.05. The van der Waals surface area contributed by atoms with Crippen molar-refractivity contribution in [3.05, 3.63) is 17.4 Å². The highest BCUT2D eigenvalue weighted by Gasteiger charge is 2.29. The minimum atomic E-state index is 0.0844. The van der Waals surface area contributed by atoms with Gasteiger partial charge in [-0.15, -0.1) is 5.73 Å². The summed E-state index contributed by atoms with van der Waals surface area (Å²) in [7, 11) is 0. The van der Waals surface area contributed by atoms with Gasteiger partial charge in [-0.3, -0.25) is 0 Å². The number of hydrogen-bond acceptors (Lipinski definition) is 2. The van der Waals surface area contributed by atoms with Gasteiger partial charge < -0.3 is 9.47 Å². The molecular formula is C14H22O2. The van der Waals surface area contributed by atoms with Crippen molar-refractivity contribution in [2.75, 3.05) is 13.2 Å². The first-order chi connectivity index (χ1) is 7.90. The largest absolute Gasteiger partial charge is 0.350 e. The normalized spacial score (nSPS) is 26.8. The van der Waals surface area contributed by atoms with Crippen LogP contribution in [0.5, 0.6) is 0 Å². The van der Waals surface area contributed by atoms with Gasteiger partial charge in [-0.25, -0.2) is 0 Å². The van der Waals surface area contributed by atoms with Crippen LogP contribution in [0.1, 0.15) is 45.4 Å². The zero-order valence-electron chi connectivity index (χ0n) is 10.2. The summed E-state index contributed by atoms with van der Waals surface area (Å²) >= 11 is 0. The van der Waals surface area contributed by atoms with E-state index in [1.54, 1.807) is 0 Å². The molecule has 1 saturated heterocycles. The van der Waals surface area contributed by atoms with Crippen LogP contribution in [0.2, 0.25) is 0 Å². The Balaban J connectivity index is 1.79. The predicted molar refractivity (Wildman–Crippen MR) is 64.2 cm³/mol. The van der Waals surface area contributed by atoms with Crippen molar-refractivity contribution in [1.82, 2.24) is 0 Å². The summed E-state index contributed by atoms with van der Waals surface area (Å²) in [6.45, 7) is 3.76. The molecule has 2 nitrogen and oxygen atoms in total. The molecule has 90 valence electrons. The number of hydrogen-bond donors (Lipinski definition) is 0. The molecule has 0 aromatic heterocycles. The van der Waals surface area contributed by atoms with E-state index in [0.717, 1.165) is 19.6 Å². The van der Waals surface area contributed by atoms with Crippen molar-refractivity contribution in [2.24, 2.45) is 5.92 Å². The average molecular weight is 222 g/mol. The molecule has 2 aliphatic rings. The standard InChI is InChI=1S/C14H22O2/c1-2-3-4-5-12-6-8-13(9-7-12)14-15-10-11-16-14/h4,13-14H,2-3,6-11H2,1H3. The monoisotopic (exact) mass is 222 g/mol. The van der Waals surface area contributed by atoms with E-state index in [1.165, 1.54) is 37.7 Å². The first kappa shape index (κ1) is 11.9. The smallest absolute Gasteiger partial charge is 0.160 e. The molecule has 0 unspecified atom stereocenters. The molecule has 0 atom stereocenters. The van der Waals surface area contributed by atoms with Crippen LogP contribution >= 0.6 is 0 Å². The summed E-state index contributed by atoms with van der Waals surface area (Å²) in [5.74, 6) is 0.610. The molecule has 1 aliphatic heterocycles. The average Bonchev–Trinajstić information content (AvgIpc) is 2.84. The highest BCUT2D eigenvalue weighted by atomic mass is 16.7. The maximum Gasteiger partial charge on any atom is 0.160 e. The molecule has 0 spiro atoms. The topological polar surface area (TPSA) is 18.5 Å². The molecule has 1 heterocycles. The Morgan fingerprint density at radius 2 is 1.94 bits per heavy atom. The third-order valence-corrected chi connectivity index (χ3v) is 3.41. The van der Waals surface area contributed by atoms with Gasteiger partial charge in [-0.2, -0.15) is 0 Å². The Morgan fingerprint density at radius 3 is 2.56 bits per heavy atom. The van der Waals surface area contributed by atoms with Crippen LogP contribution in [0.25, 0.3) is 0 Å². The fraction of sp³-hybridized carbons (Fsp3) is 0.786. The molecule has 2 rings (SSSR count). The highest BCUT2D eigenvalue weighted by Crippen LogP contribution is 2.32. The fourth-order valence-corrected chi connectivity index (χ4v) is 2.41. The minimum Gasteiger partial charge on any atom is -0.350 e. The minimum absolute atomic E-state index is 0.0844. The van der Waals surface area contributed by atoms with E-state index in [2.05, 4.69) is 18.7 Å². The Bertz CT molecular complexity index is 260. The SMILES string of the molecule is CCCC=C=C1CCC(C2OCCO2)CC1. The summed E-state index contributed by atoms with van der Waals surface area (Å²) in [6, 6.07) is 0. The van der Waals surface area contributed by atoms with Gasteiger partial charge in [0.15, 0.2) is 6.29 Å². The second-order valence-electron chi connectivity index (χ2n) is 4.69. The van der Waals surface area contributed by atoms with E-state index in [0.29, 0.717) is 5.92 Å².